The van der Waals surface area contributed by atoms with Gasteiger partial charge < -0.3 is 15.1 Å². The predicted octanol–water partition coefficient (Wildman–Crippen LogP) is 2.85. The van der Waals surface area contributed by atoms with Gasteiger partial charge in [-0.1, -0.05) is 30.3 Å². The van der Waals surface area contributed by atoms with Crippen LogP contribution in [0.2, 0.25) is 0 Å². The van der Waals surface area contributed by atoms with E-state index >= 15 is 0 Å². The van der Waals surface area contributed by atoms with Gasteiger partial charge in [-0.15, -0.1) is 0 Å². The van der Waals surface area contributed by atoms with Gasteiger partial charge in [0.2, 0.25) is 5.91 Å². The molecule has 1 heterocycles. The highest BCUT2D eigenvalue weighted by Gasteiger charge is 2.22. The summed E-state index contributed by atoms with van der Waals surface area (Å²) in [6, 6.07) is 17.5. The highest BCUT2D eigenvalue weighted by Crippen LogP contribution is 2.22. The van der Waals surface area contributed by atoms with Crippen LogP contribution in [0.15, 0.2) is 54.6 Å². The Morgan fingerprint density at radius 1 is 1.12 bits per heavy atom. The third-order valence-electron chi connectivity index (χ3n) is 4.78. The smallest absolute Gasteiger partial charge is 0.251 e. The zero-order valence-corrected chi connectivity index (χ0v) is 15.3. The number of carbonyl (C=O) groups is 2. The lowest BCUT2D eigenvalue weighted by Gasteiger charge is -2.25. The largest absolute Gasteiger partial charge is 0.350 e. The second-order valence-electron chi connectivity index (χ2n) is 6.80. The van der Waals surface area contributed by atoms with Crippen molar-refractivity contribution in [3.05, 3.63) is 65.7 Å². The van der Waals surface area contributed by atoms with E-state index in [2.05, 4.69) is 22.3 Å². The first-order valence-corrected chi connectivity index (χ1v) is 8.96. The van der Waals surface area contributed by atoms with Gasteiger partial charge in [-0.3, -0.25) is 9.59 Å². The zero-order valence-electron chi connectivity index (χ0n) is 15.3. The maximum Gasteiger partial charge on any atom is 0.251 e. The van der Waals surface area contributed by atoms with E-state index in [1.165, 1.54) is 5.56 Å². The van der Waals surface area contributed by atoms with Crippen molar-refractivity contribution >= 4 is 17.5 Å². The first kappa shape index (κ1) is 18.1. The minimum absolute atomic E-state index is 0.105. The van der Waals surface area contributed by atoms with Crippen molar-refractivity contribution in [3.63, 3.8) is 0 Å². The standard InChI is InChI=1S/C21H25N3O2/c1-23(2)19(16-7-4-3-5-8-16)15-22-21(26)17-10-12-18(13-11-17)24-14-6-9-20(24)25/h3-5,7-8,10-13,19H,6,9,14-15H2,1-2H3,(H,22,26). The van der Waals surface area contributed by atoms with Crippen LogP contribution in [0.5, 0.6) is 0 Å². The Labute approximate surface area is 154 Å². The molecule has 1 unspecified atom stereocenters. The van der Waals surface area contributed by atoms with E-state index < -0.39 is 0 Å². The molecule has 2 aromatic rings. The van der Waals surface area contributed by atoms with Crippen molar-refractivity contribution in [2.75, 3.05) is 32.1 Å². The fraction of sp³-hybridized carbons (Fsp3) is 0.333. The molecule has 2 aromatic carbocycles. The van der Waals surface area contributed by atoms with E-state index in [-0.39, 0.29) is 17.9 Å². The second-order valence-corrected chi connectivity index (χ2v) is 6.80. The molecule has 1 fully saturated rings. The molecule has 5 heteroatoms. The molecule has 2 amide bonds. The summed E-state index contributed by atoms with van der Waals surface area (Å²) in [5.74, 6) is 0.0472. The number of nitrogens with one attached hydrogen (secondary N) is 1. The van der Waals surface area contributed by atoms with Crippen molar-refractivity contribution in [3.8, 4) is 0 Å². The third kappa shape index (κ3) is 4.11. The van der Waals surface area contributed by atoms with Gasteiger partial charge in [0.1, 0.15) is 0 Å². The lowest BCUT2D eigenvalue weighted by molar-refractivity contribution is -0.117. The van der Waals surface area contributed by atoms with Gasteiger partial charge in [-0.25, -0.2) is 0 Å². The Morgan fingerprint density at radius 3 is 2.38 bits per heavy atom. The molecular weight excluding hydrogens is 326 g/mol. The Morgan fingerprint density at radius 2 is 1.81 bits per heavy atom. The molecule has 1 atom stereocenters. The van der Waals surface area contributed by atoms with Crippen molar-refractivity contribution in [1.29, 1.82) is 0 Å². The van der Waals surface area contributed by atoms with Crippen LogP contribution in [0, 0.1) is 0 Å². The summed E-state index contributed by atoms with van der Waals surface area (Å²) < 4.78 is 0. The Hall–Kier alpha value is -2.66. The maximum absolute atomic E-state index is 12.5. The van der Waals surface area contributed by atoms with Gasteiger partial charge in [0.05, 0.1) is 6.04 Å². The molecule has 0 spiro atoms. The van der Waals surface area contributed by atoms with Gasteiger partial charge in [0, 0.05) is 30.8 Å². The minimum atomic E-state index is -0.105. The first-order valence-electron chi connectivity index (χ1n) is 8.96. The maximum atomic E-state index is 12.5. The molecule has 0 saturated carbocycles. The summed E-state index contributed by atoms with van der Waals surface area (Å²) in [4.78, 5) is 28.2. The normalized spacial score (nSPS) is 15.3. The van der Waals surface area contributed by atoms with E-state index in [1.54, 1.807) is 17.0 Å². The van der Waals surface area contributed by atoms with Crippen molar-refractivity contribution < 1.29 is 9.59 Å². The molecule has 0 radical (unpaired) electrons. The fourth-order valence-electron chi connectivity index (χ4n) is 3.28. The van der Waals surface area contributed by atoms with Crippen LogP contribution >= 0.6 is 0 Å². The lowest BCUT2D eigenvalue weighted by Crippen LogP contribution is -2.34. The molecule has 1 aliphatic rings. The molecule has 1 N–H and O–H groups in total. The van der Waals surface area contributed by atoms with E-state index in [4.69, 9.17) is 0 Å². The molecule has 5 nitrogen and oxygen atoms in total. The Kier molecular flexibility index (Phi) is 5.68. The zero-order chi connectivity index (χ0) is 18.5. The molecule has 0 aliphatic carbocycles. The SMILES string of the molecule is CN(C)C(CNC(=O)c1ccc(N2CCCC2=O)cc1)c1ccccc1. The monoisotopic (exact) mass is 351 g/mol. The van der Waals surface area contributed by atoms with Crippen LogP contribution in [0.4, 0.5) is 5.69 Å². The molecule has 0 bridgehead atoms. The quantitative estimate of drug-likeness (QED) is 0.871. The van der Waals surface area contributed by atoms with Crippen LogP contribution in [-0.2, 0) is 4.79 Å². The lowest BCUT2D eigenvalue weighted by atomic mass is 10.1. The number of amides is 2. The third-order valence-corrected chi connectivity index (χ3v) is 4.78. The highest BCUT2D eigenvalue weighted by atomic mass is 16.2. The van der Waals surface area contributed by atoms with Crippen LogP contribution in [0.3, 0.4) is 0 Å². The molecule has 3 rings (SSSR count). The van der Waals surface area contributed by atoms with E-state index in [1.807, 2.05) is 44.4 Å². The second kappa shape index (κ2) is 8.15. The van der Waals surface area contributed by atoms with Crippen LogP contribution in [0.1, 0.15) is 34.8 Å². The highest BCUT2D eigenvalue weighted by molar-refractivity contribution is 5.97. The molecule has 1 aliphatic heterocycles. The fourth-order valence-corrected chi connectivity index (χ4v) is 3.28. The average molecular weight is 351 g/mol. The number of anilines is 1. The van der Waals surface area contributed by atoms with Gasteiger partial charge in [-0.2, -0.15) is 0 Å². The number of carbonyl (C=O) groups excluding carboxylic acids is 2. The van der Waals surface area contributed by atoms with E-state index in [0.717, 1.165) is 18.7 Å². The summed E-state index contributed by atoms with van der Waals surface area (Å²) in [5, 5.41) is 3.02. The van der Waals surface area contributed by atoms with Crippen LogP contribution in [-0.4, -0.2) is 43.9 Å². The summed E-state index contributed by atoms with van der Waals surface area (Å²) in [6.45, 7) is 1.29. The molecule has 136 valence electrons. The minimum Gasteiger partial charge on any atom is -0.350 e. The van der Waals surface area contributed by atoms with Crippen molar-refractivity contribution in [2.24, 2.45) is 0 Å². The van der Waals surface area contributed by atoms with Gasteiger partial charge in [0.15, 0.2) is 0 Å². The summed E-state index contributed by atoms with van der Waals surface area (Å²) >= 11 is 0. The van der Waals surface area contributed by atoms with Crippen molar-refractivity contribution in [2.45, 2.75) is 18.9 Å². The molecule has 1 saturated heterocycles. The summed E-state index contributed by atoms with van der Waals surface area (Å²) in [6.07, 6.45) is 1.50. The Balaban J connectivity index is 1.63. The number of hydrogen-bond donors (Lipinski definition) is 1. The first-order chi connectivity index (χ1) is 12.6. The van der Waals surface area contributed by atoms with Crippen LogP contribution in [0.25, 0.3) is 0 Å². The topological polar surface area (TPSA) is 52.7 Å². The van der Waals surface area contributed by atoms with Gasteiger partial charge in [-0.05, 0) is 50.3 Å². The Bertz CT molecular complexity index is 757. The van der Waals surface area contributed by atoms with Gasteiger partial charge >= 0.3 is 0 Å². The molecular formula is C21H25N3O2. The number of rotatable bonds is 6. The predicted molar refractivity (Wildman–Crippen MR) is 103 cm³/mol. The van der Waals surface area contributed by atoms with E-state index in [0.29, 0.717) is 18.5 Å². The number of hydrogen-bond acceptors (Lipinski definition) is 3. The number of nitrogens with zero attached hydrogens (tertiary/aromatic N) is 2. The summed E-state index contributed by atoms with van der Waals surface area (Å²) in [5.41, 5.74) is 2.63. The number of benzene rings is 2. The van der Waals surface area contributed by atoms with E-state index in [9.17, 15) is 9.59 Å². The average Bonchev–Trinajstić information content (AvgIpc) is 3.08. The molecule has 0 aromatic heterocycles. The van der Waals surface area contributed by atoms with Gasteiger partial charge in [0.25, 0.3) is 5.91 Å². The molecule has 26 heavy (non-hydrogen) atoms. The summed E-state index contributed by atoms with van der Waals surface area (Å²) in [7, 11) is 4.01. The van der Waals surface area contributed by atoms with Crippen molar-refractivity contribution in [1.82, 2.24) is 10.2 Å². The number of likely N-dealkylation sites (N-methyl/N-ethyl adjacent to an activating group) is 1. The van der Waals surface area contributed by atoms with Crippen LogP contribution < -0.4 is 10.2 Å².